The number of rotatable bonds is 6. The third-order valence-electron chi connectivity index (χ3n) is 2.11. The molecule has 1 atom stereocenters. The van der Waals surface area contributed by atoms with Crippen molar-refractivity contribution in [2.75, 3.05) is 30.1 Å². The third-order valence-corrected chi connectivity index (χ3v) is 2.11. The summed E-state index contributed by atoms with van der Waals surface area (Å²) in [6, 6.07) is 0.417. The van der Waals surface area contributed by atoms with Crippen LogP contribution in [0.5, 0.6) is 0 Å². The molecule has 0 saturated heterocycles. The Bertz CT molecular complexity index is 356. The highest BCUT2D eigenvalue weighted by molar-refractivity contribution is 5.74. The van der Waals surface area contributed by atoms with Crippen molar-refractivity contribution in [3.8, 4) is 0 Å². The predicted molar refractivity (Wildman–Crippen MR) is 70.2 cm³/mol. The summed E-state index contributed by atoms with van der Waals surface area (Å²) < 4.78 is 5.05. The number of nitrogens with one attached hydrogen (secondary N) is 2. The Morgan fingerprint density at radius 2 is 1.82 bits per heavy atom. The number of methoxy groups -OCH3 is 1. The van der Waals surface area contributed by atoms with Crippen LogP contribution in [0.15, 0.2) is 6.33 Å². The van der Waals surface area contributed by atoms with Gasteiger partial charge in [-0.1, -0.05) is 0 Å². The minimum absolute atomic E-state index is 0.143. The number of aromatic nitrogens is 2. The van der Waals surface area contributed by atoms with E-state index < -0.39 is 0 Å². The average molecular weight is 239 g/mol. The van der Waals surface area contributed by atoms with Crippen molar-refractivity contribution in [1.82, 2.24) is 9.97 Å². The molecule has 6 heteroatoms. The fourth-order valence-electron chi connectivity index (χ4n) is 1.42. The van der Waals surface area contributed by atoms with Crippen LogP contribution in [-0.4, -0.2) is 35.8 Å². The van der Waals surface area contributed by atoms with Crippen LogP contribution in [0, 0.1) is 0 Å². The van der Waals surface area contributed by atoms with Crippen molar-refractivity contribution < 1.29 is 4.74 Å². The normalized spacial score (nSPS) is 12.5. The van der Waals surface area contributed by atoms with E-state index in [1.807, 2.05) is 20.8 Å². The first-order valence-corrected chi connectivity index (χ1v) is 5.67. The van der Waals surface area contributed by atoms with E-state index in [1.165, 1.54) is 6.33 Å². The van der Waals surface area contributed by atoms with Gasteiger partial charge in [-0.15, -0.1) is 0 Å². The summed E-state index contributed by atoms with van der Waals surface area (Å²) in [5.74, 6) is 1.29. The van der Waals surface area contributed by atoms with Gasteiger partial charge in [0.15, 0.2) is 11.6 Å². The zero-order valence-electron chi connectivity index (χ0n) is 10.8. The molecule has 0 radical (unpaired) electrons. The van der Waals surface area contributed by atoms with E-state index in [9.17, 15) is 0 Å². The van der Waals surface area contributed by atoms with Crippen molar-refractivity contribution in [2.24, 2.45) is 0 Å². The van der Waals surface area contributed by atoms with Crippen molar-refractivity contribution in [1.29, 1.82) is 0 Å². The summed E-state index contributed by atoms with van der Waals surface area (Å²) in [4.78, 5) is 8.24. The highest BCUT2D eigenvalue weighted by atomic mass is 16.5. The van der Waals surface area contributed by atoms with E-state index in [-0.39, 0.29) is 12.1 Å². The molecule has 1 rings (SSSR count). The second-order valence-corrected chi connectivity index (χ2v) is 4.28. The summed E-state index contributed by atoms with van der Waals surface area (Å²) in [5, 5.41) is 6.35. The molecule has 0 saturated carbocycles. The van der Waals surface area contributed by atoms with E-state index in [0.717, 1.165) is 0 Å². The summed E-state index contributed by atoms with van der Waals surface area (Å²) in [5.41, 5.74) is 6.52. The predicted octanol–water partition coefficient (Wildman–Crippen LogP) is 1.33. The molecule has 1 aromatic rings. The number of hydrogen-bond donors (Lipinski definition) is 3. The Labute approximate surface area is 102 Å². The molecule has 0 fully saturated rings. The zero-order valence-corrected chi connectivity index (χ0v) is 10.8. The summed E-state index contributed by atoms with van der Waals surface area (Å²) in [6.07, 6.45) is 1.49. The number of nitrogens with zero attached hydrogens (tertiary/aromatic N) is 2. The maximum atomic E-state index is 5.99. The number of ether oxygens (including phenoxy) is 1. The van der Waals surface area contributed by atoms with Crippen LogP contribution in [0.3, 0.4) is 0 Å². The van der Waals surface area contributed by atoms with Crippen molar-refractivity contribution >= 4 is 17.3 Å². The maximum Gasteiger partial charge on any atom is 0.155 e. The average Bonchev–Trinajstić information content (AvgIpc) is 2.23. The molecule has 6 nitrogen and oxygen atoms in total. The van der Waals surface area contributed by atoms with Gasteiger partial charge in [0, 0.05) is 19.2 Å². The largest absolute Gasteiger partial charge is 0.393 e. The summed E-state index contributed by atoms with van der Waals surface area (Å²) >= 11 is 0. The van der Waals surface area contributed by atoms with Gasteiger partial charge >= 0.3 is 0 Å². The zero-order chi connectivity index (χ0) is 12.8. The Hall–Kier alpha value is -1.56. The minimum Gasteiger partial charge on any atom is -0.393 e. The van der Waals surface area contributed by atoms with Crippen LogP contribution < -0.4 is 16.4 Å². The Morgan fingerprint density at radius 1 is 1.24 bits per heavy atom. The van der Waals surface area contributed by atoms with Crippen molar-refractivity contribution in [3.05, 3.63) is 6.33 Å². The molecule has 0 spiro atoms. The first-order valence-electron chi connectivity index (χ1n) is 5.67. The monoisotopic (exact) mass is 239 g/mol. The molecule has 0 bridgehead atoms. The van der Waals surface area contributed by atoms with Crippen LogP contribution in [0.2, 0.25) is 0 Å². The lowest BCUT2D eigenvalue weighted by Gasteiger charge is -2.17. The topological polar surface area (TPSA) is 85.1 Å². The molecule has 0 aliphatic rings. The lowest BCUT2D eigenvalue weighted by molar-refractivity contribution is 0.190. The van der Waals surface area contributed by atoms with Crippen LogP contribution >= 0.6 is 0 Å². The molecule has 0 aromatic carbocycles. The molecule has 1 heterocycles. The smallest absolute Gasteiger partial charge is 0.155 e. The molecular weight excluding hydrogens is 218 g/mol. The summed E-state index contributed by atoms with van der Waals surface area (Å²) in [7, 11) is 1.66. The molecule has 4 N–H and O–H groups in total. The molecule has 17 heavy (non-hydrogen) atoms. The highest BCUT2D eigenvalue weighted by Gasteiger charge is 2.10. The lowest BCUT2D eigenvalue weighted by atomic mass is 10.3. The van der Waals surface area contributed by atoms with Crippen LogP contribution in [0.1, 0.15) is 20.8 Å². The van der Waals surface area contributed by atoms with Gasteiger partial charge in [-0.3, -0.25) is 0 Å². The standard InChI is InChI=1S/C11H21N5O/c1-7(2)15-10-9(12)11(14-6-13-10)16-8(3)5-17-4/h6-8H,5,12H2,1-4H3,(H2,13,14,15,16). The SMILES string of the molecule is COCC(C)Nc1ncnc(NC(C)C)c1N. The van der Waals surface area contributed by atoms with Crippen molar-refractivity contribution in [3.63, 3.8) is 0 Å². The van der Waals surface area contributed by atoms with Gasteiger partial charge in [-0.05, 0) is 20.8 Å². The first-order chi connectivity index (χ1) is 8.04. The maximum absolute atomic E-state index is 5.99. The van der Waals surface area contributed by atoms with Gasteiger partial charge in [0.2, 0.25) is 0 Å². The fourth-order valence-corrected chi connectivity index (χ4v) is 1.42. The van der Waals surface area contributed by atoms with E-state index in [1.54, 1.807) is 7.11 Å². The molecule has 1 aromatic heterocycles. The van der Waals surface area contributed by atoms with Crippen LogP contribution in [0.4, 0.5) is 17.3 Å². The van der Waals surface area contributed by atoms with Crippen LogP contribution in [0.25, 0.3) is 0 Å². The molecule has 0 amide bonds. The van der Waals surface area contributed by atoms with Gasteiger partial charge in [-0.25, -0.2) is 9.97 Å². The van der Waals surface area contributed by atoms with Gasteiger partial charge < -0.3 is 21.1 Å². The second kappa shape index (κ2) is 6.24. The number of nitrogens with two attached hydrogens (primary N) is 1. The minimum atomic E-state index is 0.143. The Kier molecular flexibility index (Phi) is 4.96. The Balaban J connectivity index is 2.79. The number of nitrogen functional groups attached to an aromatic ring is 1. The molecular formula is C11H21N5O. The van der Waals surface area contributed by atoms with Gasteiger partial charge in [0.1, 0.15) is 12.0 Å². The highest BCUT2D eigenvalue weighted by Crippen LogP contribution is 2.23. The quantitative estimate of drug-likeness (QED) is 0.694. The second-order valence-electron chi connectivity index (χ2n) is 4.28. The third kappa shape index (κ3) is 4.07. The molecule has 0 aliphatic carbocycles. The molecule has 0 aliphatic heterocycles. The summed E-state index contributed by atoms with van der Waals surface area (Å²) in [6.45, 7) is 6.65. The van der Waals surface area contributed by atoms with Gasteiger partial charge in [0.25, 0.3) is 0 Å². The number of hydrogen-bond acceptors (Lipinski definition) is 6. The van der Waals surface area contributed by atoms with E-state index in [2.05, 4.69) is 20.6 Å². The van der Waals surface area contributed by atoms with Crippen molar-refractivity contribution in [2.45, 2.75) is 32.9 Å². The van der Waals surface area contributed by atoms with E-state index >= 15 is 0 Å². The Morgan fingerprint density at radius 3 is 2.35 bits per heavy atom. The van der Waals surface area contributed by atoms with E-state index in [0.29, 0.717) is 23.9 Å². The molecule has 96 valence electrons. The van der Waals surface area contributed by atoms with Crippen LogP contribution in [-0.2, 0) is 4.74 Å². The fraction of sp³-hybridized carbons (Fsp3) is 0.636. The van der Waals surface area contributed by atoms with Gasteiger partial charge in [-0.2, -0.15) is 0 Å². The van der Waals surface area contributed by atoms with E-state index in [4.69, 9.17) is 10.5 Å². The first kappa shape index (κ1) is 13.5. The van der Waals surface area contributed by atoms with Gasteiger partial charge in [0.05, 0.1) is 6.61 Å². The number of anilines is 3. The molecule has 1 unspecified atom stereocenters. The lowest BCUT2D eigenvalue weighted by Crippen LogP contribution is -2.23.